The highest BCUT2D eigenvalue weighted by Crippen LogP contribution is 2.28. The van der Waals surface area contributed by atoms with Gasteiger partial charge in [0.2, 0.25) is 5.91 Å². The number of benzene rings is 2. The zero-order valence-electron chi connectivity index (χ0n) is 17.3. The smallest absolute Gasteiger partial charge is 0.271 e. The molecule has 1 amide bonds. The number of hydrogen-bond donors (Lipinski definition) is 1. The maximum absolute atomic E-state index is 12.4. The van der Waals surface area contributed by atoms with Gasteiger partial charge in [-0.25, -0.2) is 0 Å². The number of nitro benzene ring substituents is 1. The van der Waals surface area contributed by atoms with Gasteiger partial charge >= 0.3 is 0 Å². The molecule has 33 heavy (non-hydrogen) atoms. The van der Waals surface area contributed by atoms with Crippen molar-refractivity contribution in [1.29, 1.82) is 0 Å². The monoisotopic (exact) mass is 545 g/mol. The van der Waals surface area contributed by atoms with Crippen molar-refractivity contribution in [3.05, 3.63) is 73.0 Å². The van der Waals surface area contributed by atoms with Gasteiger partial charge in [-0.05, 0) is 30.7 Å². The second kappa shape index (κ2) is 11.9. The number of hydrogen-bond acceptors (Lipinski definition) is 7. The molecular weight excluding hydrogens is 529 g/mol. The zero-order valence-corrected chi connectivity index (χ0v) is 21.2. The lowest BCUT2D eigenvalue weighted by Gasteiger charge is -2.09. The van der Waals surface area contributed by atoms with Crippen LogP contribution in [0.4, 0.5) is 11.4 Å². The molecule has 0 saturated carbocycles. The summed E-state index contributed by atoms with van der Waals surface area (Å²) in [5.74, 6) is 1.79. The molecule has 1 heterocycles. The molecule has 3 rings (SSSR count). The Kier molecular flexibility index (Phi) is 9.27. The van der Waals surface area contributed by atoms with Crippen LogP contribution in [0.3, 0.4) is 0 Å². The highest BCUT2D eigenvalue weighted by atomic mass is 35.5. The van der Waals surface area contributed by atoms with Crippen molar-refractivity contribution in [2.45, 2.75) is 30.1 Å². The number of nitrogens with zero attached hydrogens (tertiary/aromatic N) is 4. The van der Waals surface area contributed by atoms with Crippen LogP contribution in [0.15, 0.2) is 41.6 Å². The van der Waals surface area contributed by atoms with Gasteiger partial charge in [0.1, 0.15) is 5.82 Å². The second-order valence-electron chi connectivity index (χ2n) is 6.63. The maximum Gasteiger partial charge on any atom is 0.271 e. The number of amides is 1. The lowest BCUT2D eigenvalue weighted by Crippen LogP contribution is -2.15. The third-order valence-electron chi connectivity index (χ3n) is 4.38. The molecule has 3 aromatic rings. The van der Waals surface area contributed by atoms with Crippen LogP contribution in [0, 0.1) is 10.1 Å². The Bertz CT molecular complexity index is 1180. The third kappa shape index (κ3) is 7.00. The molecule has 2 aromatic carbocycles. The Labute approximate surface area is 213 Å². The van der Waals surface area contributed by atoms with Crippen LogP contribution >= 0.6 is 58.3 Å². The molecule has 0 spiro atoms. The van der Waals surface area contributed by atoms with E-state index in [2.05, 4.69) is 15.5 Å². The standard InChI is InChI=1S/C20H18Cl3N5O3S2/c1-2-27-18(10-32-9-12-3-4-13(21)7-16(12)23)25-26-20(27)33-11-19(29)24-17-8-14(28(30)31)5-6-15(17)22/h3-8H,2,9-11H2,1H3,(H,24,29). The summed E-state index contributed by atoms with van der Waals surface area (Å²) in [4.78, 5) is 22.7. The summed E-state index contributed by atoms with van der Waals surface area (Å²) in [5, 5.41) is 24.0. The van der Waals surface area contributed by atoms with Crippen LogP contribution in [-0.2, 0) is 22.8 Å². The van der Waals surface area contributed by atoms with E-state index in [-0.39, 0.29) is 28.1 Å². The van der Waals surface area contributed by atoms with E-state index in [4.69, 9.17) is 34.8 Å². The molecular formula is C20H18Cl3N5O3S2. The minimum Gasteiger partial charge on any atom is -0.324 e. The molecule has 13 heteroatoms. The van der Waals surface area contributed by atoms with Crippen LogP contribution in [0.2, 0.25) is 15.1 Å². The normalized spacial score (nSPS) is 10.9. The van der Waals surface area contributed by atoms with Crippen molar-refractivity contribution in [2.75, 3.05) is 11.1 Å². The summed E-state index contributed by atoms with van der Waals surface area (Å²) in [6, 6.07) is 9.29. The fourth-order valence-corrected chi connectivity index (χ4v) is 5.29. The average Bonchev–Trinajstić information content (AvgIpc) is 3.17. The summed E-state index contributed by atoms with van der Waals surface area (Å²) in [7, 11) is 0. The van der Waals surface area contributed by atoms with Crippen LogP contribution in [0.1, 0.15) is 18.3 Å². The van der Waals surface area contributed by atoms with E-state index < -0.39 is 4.92 Å². The molecule has 0 bridgehead atoms. The first-order valence-corrected chi connectivity index (χ1v) is 12.9. The number of halogens is 3. The summed E-state index contributed by atoms with van der Waals surface area (Å²) in [6.45, 7) is 2.62. The number of anilines is 1. The minimum atomic E-state index is -0.551. The fraction of sp³-hybridized carbons (Fsp3) is 0.250. The molecule has 0 atom stereocenters. The van der Waals surface area contributed by atoms with Crippen LogP contribution < -0.4 is 5.32 Å². The van der Waals surface area contributed by atoms with E-state index in [1.807, 2.05) is 17.6 Å². The molecule has 0 aliphatic rings. The van der Waals surface area contributed by atoms with Crippen molar-refractivity contribution in [3.63, 3.8) is 0 Å². The first kappa shape index (κ1) is 25.6. The Morgan fingerprint density at radius 3 is 2.61 bits per heavy atom. The molecule has 8 nitrogen and oxygen atoms in total. The number of non-ortho nitro benzene ring substituents is 1. The number of rotatable bonds is 10. The van der Waals surface area contributed by atoms with Crippen LogP contribution in [0.25, 0.3) is 0 Å². The van der Waals surface area contributed by atoms with Crippen molar-refractivity contribution >= 4 is 75.6 Å². The molecule has 174 valence electrons. The number of nitro groups is 1. The van der Waals surface area contributed by atoms with Gasteiger partial charge in [-0.3, -0.25) is 14.9 Å². The molecule has 0 radical (unpaired) electrons. The molecule has 0 aliphatic carbocycles. The molecule has 0 unspecified atom stereocenters. The Balaban J connectivity index is 1.57. The van der Waals surface area contributed by atoms with Gasteiger partial charge in [0, 0.05) is 34.5 Å². The van der Waals surface area contributed by atoms with E-state index in [0.29, 0.717) is 33.3 Å². The van der Waals surface area contributed by atoms with Gasteiger partial charge < -0.3 is 9.88 Å². The first-order valence-electron chi connectivity index (χ1n) is 9.58. The molecule has 1 aromatic heterocycles. The van der Waals surface area contributed by atoms with Gasteiger partial charge in [0.05, 0.1) is 27.1 Å². The van der Waals surface area contributed by atoms with Gasteiger partial charge in [-0.2, -0.15) is 0 Å². The van der Waals surface area contributed by atoms with E-state index >= 15 is 0 Å². The highest BCUT2D eigenvalue weighted by molar-refractivity contribution is 7.99. The number of thioether (sulfide) groups is 2. The highest BCUT2D eigenvalue weighted by Gasteiger charge is 2.16. The molecule has 0 aliphatic heterocycles. The summed E-state index contributed by atoms with van der Waals surface area (Å²) >= 11 is 21.1. The van der Waals surface area contributed by atoms with E-state index in [9.17, 15) is 14.9 Å². The number of carbonyl (C=O) groups excluding carboxylic acids is 1. The summed E-state index contributed by atoms with van der Waals surface area (Å²) in [5.41, 5.74) is 1.01. The predicted octanol–water partition coefficient (Wildman–Crippen LogP) is 6.33. The molecule has 0 fully saturated rings. The Hall–Kier alpha value is -1.98. The van der Waals surface area contributed by atoms with Crippen molar-refractivity contribution in [2.24, 2.45) is 0 Å². The van der Waals surface area contributed by atoms with Gasteiger partial charge in [0.15, 0.2) is 5.16 Å². The lowest BCUT2D eigenvalue weighted by atomic mass is 10.2. The van der Waals surface area contributed by atoms with Crippen molar-refractivity contribution in [3.8, 4) is 0 Å². The van der Waals surface area contributed by atoms with Gasteiger partial charge in [-0.15, -0.1) is 22.0 Å². The fourth-order valence-electron chi connectivity index (χ4n) is 2.78. The first-order chi connectivity index (χ1) is 15.8. The SMILES string of the molecule is CCn1c(CSCc2ccc(Cl)cc2Cl)nnc1SCC(=O)Nc1cc([N+](=O)[O-])ccc1Cl. The zero-order chi connectivity index (χ0) is 24.0. The molecule has 1 N–H and O–H groups in total. The Morgan fingerprint density at radius 1 is 1.12 bits per heavy atom. The summed E-state index contributed by atoms with van der Waals surface area (Å²) < 4.78 is 1.94. The number of nitrogens with one attached hydrogen (secondary N) is 1. The van der Waals surface area contributed by atoms with E-state index in [0.717, 1.165) is 11.4 Å². The quantitative estimate of drug-likeness (QED) is 0.180. The topological polar surface area (TPSA) is 103 Å². The van der Waals surface area contributed by atoms with Crippen LogP contribution in [-0.4, -0.2) is 31.3 Å². The van der Waals surface area contributed by atoms with E-state index in [1.165, 1.54) is 30.0 Å². The summed E-state index contributed by atoms with van der Waals surface area (Å²) in [6.07, 6.45) is 0. The molecule has 0 saturated heterocycles. The number of aromatic nitrogens is 3. The van der Waals surface area contributed by atoms with Crippen LogP contribution in [0.5, 0.6) is 0 Å². The van der Waals surface area contributed by atoms with E-state index in [1.54, 1.807) is 23.9 Å². The second-order valence-corrected chi connectivity index (χ2v) is 9.81. The van der Waals surface area contributed by atoms with Crippen molar-refractivity contribution < 1.29 is 9.72 Å². The van der Waals surface area contributed by atoms with Gasteiger partial charge in [0.25, 0.3) is 5.69 Å². The largest absolute Gasteiger partial charge is 0.324 e. The number of carbonyl (C=O) groups is 1. The Morgan fingerprint density at radius 2 is 1.91 bits per heavy atom. The van der Waals surface area contributed by atoms with Gasteiger partial charge in [-0.1, -0.05) is 52.6 Å². The minimum absolute atomic E-state index is 0.0463. The van der Waals surface area contributed by atoms with Crippen molar-refractivity contribution in [1.82, 2.24) is 14.8 Å². The maximum atomic E-state index is 12.4. The third-order valence-corrected chi connectivity index (χ3v) is 7.24. The average molecular weight is 547 g/mol. The predicted molar refractivity (Wildman–Crippen MR) is 135 cm³/mol. The lowest BCUT2D eigenvalue weighted by molar-refractivity contribution is -0.384.